The number of amides is 1. The van der Waals surface area contributed by atoms with Crippen molar-refractivity contribution >= 4 is 17.1 Å². The second kappa shape index (κ2) is 8.39. The normalized spacial score (nSPS) is 16.4. The first-order valence-electron chi connectivity index (χ1n) is 9.57. The van der Waals surface area contributed by atoms with Crippen LogP contribution in [-0.2, 0) is 22.5 Å². The van der Waals surface area contributed by atoms with Gasteiger partial charge in [-0.3, -0.25) is 4.79 Å². The van der Waals surface area contributed by atoms with Crippen LogP contribution in [0.3, 0.4) is 0 Å². The number of hydrogen-bond acceptors (Lipinski definition) is 5. The SMILES string of the molecule is Cc1ccc(CNC(=O)CCc2nc3ncccc3[nH]2)c(OC2CCOC2)c1. The largest absolute Gasteiger partial charge is 0.488 e. The molecule has 1 saturated heterocycles. The van der Waals surface area contributed by atoms with E-state index in [-0.39, 0.29) is 12.0 Å². The first-order chi connectivity index (χ1) is 13.7. The number of H-pyrrole nitrogens is 1. The summed E-state index contributed by atoms with van der Waals surface area (Å²) in [5.74, 6) is 1.56. The van der Waals surface area contributed by atoms with Gasteiger partial charge in [-0.2, -0.15) is 0 Å². The lowest BCUT2D eigenvalue weighted by atomic mass is 10.1. The van der Waals surface area contributed by atoms with Gasteiger partial charge in [0.25, 0.3) is 0 Å². The van der Waals surface area contributed by atoms with Crippen molar-refractivity contribution in [3.05, 3.63) is 53.5 Å². The van der Waals surface area contributed by atoms with Crippen LogP contribution in [0, 0.1) is 6.92 Å². The van der Waals surface area contributed by atoms with E-state index in [4.69, 9.17) is 9.47 Å². The molecule has 28 heavy (non-hydrogen) atoms. The van der Waals surface area contributed by atoms with Crippen LogP contribution in [0.1, 0.15) is 29.8 Å². The number of carbonyl (C=O) groups excluding carboxylic acids is 1. The van der Waals surface area contributed by atoms with E-state index in [2.05, 4.69) is 20.3 Å². The van der Waals surface area contributed by atoms with E-state index >= 15 is 0 Å². The summed E-state index contributed by atoms with van der Waals surface area (Å²) < 4.78 is 11.5. The Morgan fingerprint density at radius 3 is 3.14 bits per heavy atom. The fourth-order valence-corrected chi connectivity index (χ4v) is 3.23. The molecule has 0 spiro atoms. The van der Waals surface area contributed by atoms with E-state index in [1.54, 1.807) is 6.20 Å². The minimum atomic E-state index is -0.0239. The van der Waals surface area contributed by atoms with Crippen LogP contribution in [0.15, 0.2) is 36.5 Å². The molecule has 7 nitrogen and oxygen atoms in total. The first kappa shape index (κ1) is 18.4. The molecule has 1 amide bonds. The zero-order valence-corrected chi connectivity index (χ0v) is 15.9. The highest BCUT2D eigenvalue weighted by molar-refractivity contribution is 5.76. The Kier molecular flexibility index (Phi) is 5.53. The number of carbonyl (C=O) groups is 1. The van der Waals surface area contributed by atoms with Crippen LogP contribution in [0.2, 0.25) is 0 Å². The van der Waals surface area contributed by atoms with E-state index in [1.165, 1.54) is 0 Å². The summed E-state index contributed by atoms with van der Waals surface area (Å²) in [7, 11) is 0. The summed E-state index contributed by atoms with van der Waals surface area (Å²) in [6, 6.07) is 9.83. The highest BCUT2D eigenvalue weighted by Crippen LogP contribution is 2.23. The Morgan fingerprint density at radius 1 is 1.39 bits per heavy atom. The van der Waals surface area contributed by atoms with Gasteiger partial charge >= 0.3 is 0 Å². The highest BCUT2D eigenvalue weighted by Gasteiger charge is 2.19. The summed E-state index contributed by atoms with van der Waals surface area (Å²) in [5, 5.41) is 2.98. The van der Waals surface area contributed by atoms with E-state index in [0.29, 0.717) is 31.6 Å². The molecule has 7 heteroatoms. The average Bonchev–Trinajstić information content (AvgIpc) is 3.35. The maximum absolute atomic E-state index is 12.3. The molecule has 3 heterocycles. The van der Waals surface area contributed by atoms with Gasteiger partial charge in [0.05, 0.1) is 18.7 Å². The molecule has 1 aliphatic heterocycles. The number of pyridine rings is 1. The molecule has 0 aliphatic carbocycles. The third kappa shape index (κ3) is 4.48. The van der Waals surface area contributed by atoms with Crippen molar-refractivity contribution in [1.29, 1.82) is 0 Å². The van der Waals surface area contributed by atoms with Gasteiger partial charge in [0.2, 0.25) is 5.91 Å². The zero-order valence-electron chi connectivity index (χ0n) is 15.9. The van der Waals surface area contributed by atoms with Crippen LogP contribution in [0.4, 0.5) is 0 Å². The van der Waals surface area contributed by atoms with Crippen molar-refractivity contribution in [2.45, 2.75) is 38.8 Å². The van der Waals surface area contributed by atoms with Gasteiger partial charge in [0.15, 0.2) is 5.65 Å². The third-order valence-electron chi connectivity index (χ3n) is 4.78. The number of aryl methyl sites for hydroxylation is 2. The van der Waals surface area contributed by atoms with Gasteiger partial charge in [-0.25, -0.2) is 9.97 Å². The van der Waals surface area contributed by atoms with Gasteiger partial charge in [-0.1, -0.05) is 12.1 Å². The number of rotatable bonds is 7. The van der Waals surface area contributed by atoms with E-state index < -0.39 is 0 Å². The maximum Gasteiger partial charge on any atom is 0.220 e. The molecule has 3 aromatic rings. The van der Waals surface area contributed by atoms with Crippen molar-refractivity contribution in [2.75, 3.05) is 13.2 Å². The standard InChI is InChI=1S/C21H24N4O3/c1-14-4-5-15(18(11-14)28-16-8-10-27-13-16)12-23-20(26)7-6-19-24-17-3-2-9-22-21(17)25-19/h2-5,9,11,16H,6-8,10,12-13H2,1H3,(H,23,26)(H,22,24,25). The molecule has 1 aliphatic rings. The number of nitrogens with one attached hydrogen (secondary N) is 2. The summed E-state index contributed by atoms with van der Waals surface area (Å²) in [4.78, 5) is 24.1. The second-order valence-corrected chi connectivity index (χ2v) is 7.05. The van der Waals surface area contributed by atoms with Gasteiger partial charge in [-0.15, -0.1) is 0 Å². The molecular weight excluding hydrogens is 356 g/mol. The molecule has 2 N–H and O–H groups in total. The van der Waals surface area contributed by atoms with Gasteiger partial charge in [-0.05, 0) is 30.7 Å². The summed E-state index contributed by atoms with van der Waals surface area (Å²) in [6.07, 6.45) is 3.58. The number of hydrogen-bond donors (Lipinski definition) is 2. The Balaban J connectivity index is 1.32. The lowest BCUT2D eigenvalue weighted by molar-refractivity contribution is -0.121. The van der Waals surface area contributed by atoms with Crippen molar-refractivity contribution in [2.24, 2.45) is 0 Å². The highest BCUT2D eigenvalue weighted by atomic mass is 16.5. The average molecular weight is 380 g/mol. The smallest absolute Gasteiger partial charge is 0.220 e. The number of imidazole rings is 1. The second-order valence-electron chi connectivity index (χ2n) is 7.05. The molecule has 0 bridgehead atoms. The summed E-state index contributed by atoms with van der Waals surface area (Å²) in [6.45, 7) is 3.82. The van der Waals surface area contributed by atoms with Crippen LogP contribution in [-0.4, -0.2) is 40.2 Å². The fraction of sp³-hybridized carbons (Fsp3) is 0.381. The molecule has 0 saturated carbocycles. The molecule has 1 aromatic carbocycles. The van der Waals surface area contributed by atoms with Crippen molar-refractivity contribution in [3.8, 4) is 5.75 Å². The Labute approximate surface area is 163 Å². The molecule has 146 valence electrons. The predicted molar refractivity (Wildman–Crippen MR) is 105 cm³/mol. The number of ether oxygens (including phenoxy) is 2. The van der Waals surface area contributed by atoms with E-state index in [1.807, 2.05) is 37.3 Å². The quantitative estimate of drug-likeness (QED) is 0.658. The minimum absolute atomic E-state index is 0.0239. The molecule has 1 fully saturated rings. The number of benzene rings is 1. The Bertz CT molecular complexity index is 930. The van der Waals surface area contributed by atoms with Crippen LogP contribution in [0.25, 0.3) is 11.2 Å². The Morgan fingerprint density at radius 2 is 2.32 bits per heavy atom. The number of aromatic nitrogens is 3. The van der Waals surface area contributed by atoms with Gasteiger partial charge in [0.1, 0.15) is 17.7 Å². The van der Waals surface area contributed by atoms with Crippen molar-refractivity contribution in [3.63, 3.8) is 0 Å². The first-order valence-corrected chi connectivity index (χ1v) is 9.57. The number of aromatic amines is 1. The van der Waals surface area contributed by atoms with Gasteiger partial charge < -0.3 is 19.8 Å². The third-order valence-corrected chi connectivity index (χ3v) is 4.78. The van der Waals surface area contributed by atoms with Crippen LogP contribution >= 0.6 is 0 Å². The minimum Gasteiger partial charge on any atom is -0.488 e. The topological polar surface area (TPSA) is 89.1 Å². The van der Waals surface area contributed by atoms with Crippen LogP contribution in [0.5, 0.6) is 5.75 Å². The fourth-order valence-electron chi connectivity index (χ4n) is 3.23. The van der Waals surface area contributed by atoms with Crippen molar-refractivity contribution < 1.29 is 14.3 Å². The number of fused-ring (bicyclic) bond motifs is 1. The summed E-state index contributed by atoms with van der Waals surface area (Å²) >= 11 is 0. The lowest BCUT2D eigenvalue weighted by Crippen LogP contribution is -2.24. The molecule has 4 rings (SSSR count). The monoisotopic (exact) mass is 380 g/mol. The molecule has 0 radical (unpaired) electrons. The Hall–Kier alpha value is -2.93. The summed E-state index contributed by atoms with van der Waals surface area (Å²) in [5.41, 5.74) is 3.66. The molecular formula is C21H24N4O3. The van der Waals surface area contributed by atoms with E-state index in [0.717, 1.165) is 41.2 Å². The number of nitrogens with zero attached hydrogens (tertiary/aromatic N) is 2. The van der Waals surface area contributed by atoms with Gasteiger partial charge in [0, 0.05) is 37.6 Å². The lowest BCUT2D eigenvalue weighted by Gasteiger charge is -2.16. The maximum atomic E-state index is 12.3. The molecule has 1 atom stereocenters. The molecule has 1 unspecified atom stereocenters. The van der Waals surface area contributed by atoms with E-state index in [9.17, 15) is 4.79 Å². The van der Waals surface area contributed by atoms with Crippen LogP contribution < -0.4 is 10.1 Å². The zero-order chi connectivity index (χ0) is 19.3. The molecule has 2 aromatic heterocycles. The van der Waals surface area contributed by atoms with Crippen molar-refractivity contribution in [1.82, 2.24) is 20.3 Å². The predicted octanol–water partition coefficient (Wildman–Crippen LogP) is 2.68.